The van der Waals surface area contributed by atoms with E-state index in [1.165, 1.54) is 6.07 Å². The fourth-order valence-electron chi connectivity index (χ4n) is 1.50. The zero-order chi connectivity index (χ0) is 10.8. The summed E-state index contributed by atoms with van der Waals surface area (Å²) in [5.41, 5.74) is 2.57. The summed E-state index contributed by atoms with van der Waals surface area (Å²) in [4.78, 5) is 0. The largest absolute Gasteiger partial charge is 0.204 e. The maximum Gasteiger partial charge on any atom is 0.159 e. The van der Waals surface area contributed by atoms with E-state index in [0.717, 1.165) is 17.2 Å². The SMILES string of the molecule is Cc1c[c]ccc1-c1ccc(F)c(F)c1. The van der Waals surface area contributed by atoms with Gasteiger partial charge < -0.3 is 0 Å². The summed E-state index contributed by atoms with van der Waals surface area (Å²) in [6, 6.07) is 12.2. The van der Waals surface area contributed by atoms with Gasteiger partial charge in [-0.05, 0) is 41.8 Å². The van der Waals surface area contributed by atoms with E-state index in [1.54, 1.807) is 12.1 Å². The standard InChI is InChI=1S/C13H9F2/c1-9-4-2-3-5-11(9)10-6-7-12(14)13(15)8-10/h3-8H,1H3. The molecule has 0 amide bonds. The maximum absolute atomic E-state index is 13.0. The minimum Gasteiger partial charge on any atom is -0.204 e. The number of aryl methyl sites for hydroxylation is 1. The van der Waals surface area contributed by atoms with Gasteiger partial charge in [-0.25, -0.2) is 8.78 Å². The van der Waals surface area contributed by atoms with Gasteiger partial charge >= 0.3 is 0 Å². The lowest BCUT2D eigenvalue weighted by Crippen LogP contribution is -1.87. The molecule has 2 aromatic carbocycles. The zero-order valence-corrected chi connectivity index (χ0v) is 8.22. The molecule has 15 heavy (non-hydrogen) atoms. The molecule has 0 aliphatic carbocycles. The lowest BCUT2D eigenvalue weighted by molar-refractivity contribution is 0.509. The quantitative estimate of drug-likeness (QED) is 0.662. The predicted octanol–water partition coefficient (Wildman–Crippen LogP) is 3.74. The molecule has 0 unspecified atom stereocenters. The Bertz CT molecular complexity index is 490. The van der Waals surface area contributed by atoms with E-state index in [4.69, 9.17) is 0 Å². The highest BCUT2D eigenvalue weighted by Crippen LogP contribution is 2.24. The lowest BCUT2D eigenvalue weighted by Gasteiger charge is -2.05. The summed E-state index contributed by atoms with van der Waals surface area (Å²) in [5.74, 6) is -1.64. The average Bonchev–Trinajstić information content (AvgIpc) is 2.23. The van der Waals surface area contributed by atoms with Gasteiger partial charge in [0.25, 0.3) is 0 Å². The Balaban J connectivity index is 2.55. The second-order valence-corrected chi connectivity index (χ2v) is 3.37. The van der Waals surface area contributed by atoms with Crippen molar-refractivity contribution in [3.63, 3.8) is 0 Å². The van der Waals surface area contributed by atoms with Gasteiger partial charge in [0.15, 0.2) is 11.6 Å². The van der Waals surface area contributed by atoms with Crippen molar-refractivity contribution in [1.29, 1.82) is 0 Å². The fraction of sp³-hybridized carbons (Fsp3) is 0.0769. The minimum absolute atomic E-state index is 0.681. The lowest BCUT2D eigenvalue weighted by atomic mass is 10.0. The molecule has 2 heteroatoms. The highest BCUT2D eigenvalue weighted by molar-refractivity contribution is 5.66. The van der Waals surface area contributed by atoms with Crippen LogP contribution in [0.2, 0.25) is 0 Å². The van der Waals surface area contributed by atoms with Crippen molar-refractivity contribution in [2.75, 3.05) is 0 Å². The predicted molar refractivity (Wildman–Crippen MR) is 55.4 cm³/mol. The van der Waals surface area contributed by atoms with Crippen molar-refractivity contribution in [3.05, 3.63) is 59.7 Å². The van der Waals surface area contributed by atoms with Crippen LogP contribution in [0.5, 0.6) is 0 Å². The molecule has 0 bridgehead atoms. The third kappa shape index (κ3) is 1.89. The molecule has 0 spiro atoms. The Morgan fingerprint density at radius 1 is 1.07 bits per heavy atom. The first-order valence-corrected chi connectivity index (χ1v) is 4.60. The van der Waals surface area contributed by atoms with E-state index in [-0.39, 0.29) is 0 Å². The number of hydrogen-bond acceptors (Lipinski definition) is 0. The van der Waals surface area contributed by atoms with Crippen molar-refractivity contribution in [2.24, 2.45) is 0 Å². The molecular formula is C13H9F2. The van der Waals surface area contributed by atoms with Gasteiger partial charge in [0.05, 0.1) is 0 Å². The third-order valence-corrected chi connectivity index (χ3v) is 2.30. The highest BCUT2D eigenvalue weighted by atomic mass is 19.2. The van der Waals surface area contributed by atoms with Gasteiger partial charge in [-0.2, -0.15) is 0 Å². The number of halogens is 2. The van der Waals surface area contributed by atoms with Crippen LogP contribution < -0.4 is 0 Å². The third-order valence-electron chi connectivity index (χ3n) is 2.30. The Morgan fingerprint density at radius 2 is 1.87 bits per heavy atom. The van der Waals surface area contributed by atoms with Crippen LogP contribution >= 0.6 is 0 Å². The van der Waals surface area contributed by atoms with Crippen LogP contribution in [0, 0.1) is 24.6 Å². The van der Waals surface area contributed by atoms with Crippen molar-refractivity contribution in [3.8, 4) is 11.1 Å². The van der Waals surface area contributed by atoms with Gasteiger partial charge in [0.2, 0.25) is 0 Å². The first-order chi connectivity index (χ1) is 7.18. The molecule has 0 heterocycles. The van der Waals surface area contributed by atoms with Crippen LogP contribution in [0.15, 0.2) is 36.4 Å². The Hall–Kier alpha value is -1.70. The molecule has 0 atom stereocenters. The van der Waals surface area contributed by atoms with Crippen molar-refractivity contribution in [1.82, 2.24) is 0 Å². The minimum atomic E-state index is -0.820. The van der Waals surface area contributed by atoms with Crippen LogP contribution in [-0.4, -0.2) is 0 Å². The Labute approximate surface area is 87.2 Å². The van der Waals surface area contributed by atoms with Crippen LogP contribution in [-0.2, 0) is 0 Å². The van der Waals surface area contributed by atoms with E-state index >= 15 is 0 Å². The highest BCUT2D eigenvalue weighted by Gasteiger charge is 2.05. The molecule has 2 aromatic rings. The van der Waals surface area contributed by atoms with E-state index < -0.39 is 11.6 Å². The molecule has 0 N–H and O–H groups in total. The summed E-state index contributed by atoms with van der Waals surface area (Å²) in [6.45, 7) is 1.91. The zero-order valence-electron chi connectivity index (χ0n) is 8.22. The second kappa shape index (κ2) is 3.81. The molecule has 75 valence electrons. The second-order valence-electron chi connectivity index (χ2n) is 3.37. The summed E-state index contributed by atoms with van der Waals surface area (Å²) >= 11 is 0. The molecule has 0 aliphatic heterocycles. The summed E-state index contributed by atoms with van der Waals surface area (Å²) in [5, 5.41) is 0. The molecule has 0 aliphatic rings. The maximum atomic E-state index is 13.0. The molecule has 0 fully saturated rings. The van der Waals surface area contributed by atoms with E-state index in [1.807, 2.05) is 19.1 Å². The topological polar surface area (TPSA) is 0 Å². The molecule has 0 nitrogen and oxygen atoms in total. The van der Waals surface area contributed by atoms with Gasteiger partial charge in [-0.1, -0.05) is 24.3 Å². The van der Waals surface area contributed by atoms with Gasteiger partial charge in [0, 0.05) is 0 Å². The molecular weight excluding hydrogens is 194 g/mol. The average molecular weight is 203 g/mol. The Kier molecular flexibility index (Phi) is 2.50. The van der Waals surface area contributed by atoms with Crippen LogP contribution in [0.1, 0.15) is 5.56 Å². The molecule has 0 saturated carbocycles. The number of benzene rings is 2. The van der Waals surface area contributed by atoms with E-state index in [9.17, 15) is 8.78 Å². The van der Waals surface area contributed by atoms with Crippen LogP contribution in [0.4, 0.5) is 8.78 Å². The molecule has 0 aromatic heterocycles. The van der Waals surface area contributed by atoms with Gasteiger partial charge in [-0.3, -0.25) is 0 Å². The molecule has 2 rings (SSSR count). The van der Waals surface area contributed by atoms with Gasteiger partial charge in [0.1, 0.15) is 0 Å². The van der Waals surface area contributed by atoms with Crippen molar-refractivity contribution < 1.29 is 8.78 Å². The molecule has 1 radical (unpaired) electrons. The van der Waals surface area contributed by atoms with E-state index in [0.29, 0.717) is 5.56 Å². The fourth-order valence-corrected chi connectivity index (χ4v) is 1.50. The van der Waals surface area contributed by atoms with Crippen molar-refractivity contribution in [2.45, 2.75) is 6.92 Å². The monoisotopic (exact) mass is 203 g/mol. The first-order valence-electron chi connectivity index (χ1n) is 4.60. The van der Waals surface area contributed by atoms with Gasteiger partial charge in [-0.15, -0.1) is 0 Å². The Morgan fingerprint density at radius 3 is 2.53 bits per heavy atom. The van der Waals surface area contributed by atoms with Crippen LogP contribution in [0.3, 0.4) is 0 Å². The van der Waals surface area contributed by atoms with Crippen molar-refractivity contribution >= 4 is 0 Å². The van der Waals surface area contributed by atoms with E-state index in [2.05, 4.69) is 6.07 Å². The van der Waals surface area contributed by atoms with Crippen LogP contribution in [0.25, 0.3) is 11.1 Å². The number of hydrogen-bond donors (Lipinski definition) is 0. The summed E-state index contributed by atoms with van der Waals surface area (Å²) < 4.78 is 25.7. The summed E-state index contributed by atoms with van der Waals surface area (Å²) in [7, 11) is 0. The normalized spacial score (nSPS) is 10.3. The summed E-state index contributed by atoms with van der Waals surface area (Å²) in [6.07, 6.45) is 0. The smallest absolute Gasteiger partial charge is 0.159 e. The number of rotatable bonds is 1. The first kappa shape index (κ1) is 9.84. The molecule has 0 saturated heterocycles.